The van der Waals surface area contributed by atoms with Crippen LogP contribution in [-0.2, 0) is 5.41 Å². The lowest BCUT2D eigenvalue weighted by Gasteiger charge is -2.19. The summed E-state index contributed by atoms with van der Waals surface area (Å²) in [4.78, 5) is 19.6. The van der Waals surface area contributed by atoms with Crippen LogP contribution in [-0.4, -0.2) is 9.97 Å². The zero-order valence-corrected chi connectivity index (χ0v) is 13.7. The zero-order valence-electron chi connectivity index (χ0n) is 11.5. The van der Waals surface area contributed by atoms with Crippen LogP contribution in [0.25, 0.3) is 11.4 Å². The van der Waals surface area contributed by atoms with Gasteiger partial charge in [-0.15, -0.1) is 0 Å². The van der Waals surface area contributed by atoms with Gasteiger partial charge in [0.05, 0.1) is 5.69 Å². The van der Waals surface area contributed by atoms with Gasteiger partial charge in [0.1, 0.15) is 9.39 Å². The average Bonchev–Trinajstić information content (AvgIpc) is 2.31. The van der Waals surface area contributed by atoms with Crippen LogP contribution in [0.4, 0.5) is 0 Å². The summed E-state index contributed by atoms with van der Waals surface area (Å²) in [6, 6.07) is 7.99. The van der Waals surface area contributed by atoms with Gasteiger partial charge in [0, 0.05) is 11.0 Å². The van der Waals surface area contributed by atoms with Crippen molar-refractivity contribution in [3.63, 3.8) is 0 Å². The summed E-state index contributed by atoms with van der Waals surface area (Å²) in [6.45, 7) is 8.23. The number of aromatic amines is 1. The van der Waals surface area contributed by atoms with Crippen molar-refractivity contribution in [3.05, 3.63) is 49.4 Å². The molecule has 0 fully saturated rings. The lowest BCUT2D eigenvalue weighted by atomic mass is 9.92. The van der Waals surface area contributed by atoms with Crippen molar-refractivity contribution in [2.75, 3.05) is 0 Å². The Labute approximate surface area is 126 Å². The zero-order chi connectivity index (χ0) is 14.2. The number of hydrogen-bond donors (Lipinski definition) is 1. The lowest BCUT2D eigenvalue weighted by molar-refractivity contribution is 0.562. The number of hydrogen-bond acceptors (Lipinski definition) is 2. The Morgan fingerprint density at radius 3 is 2.53 bits per heavy atom. The molecule has 2 aromatic rings. The summed E-state index contributed by atoms with van der Waals surface area (Å²) in [5, 5.41) is 0. The van der Waals surface area contributed by atoms with Gasteiger partial charge in [-0.1, -0.05) is 44.5 Å². The van der Waals surface area contributed by atoms with Crippen molar-refractivity contribution < 1.29 is 0 Å². The highest BCUT2D eigenvalue weighted by Gasteiger charge is 2.22. The van der Waals surface area contributed by atoms with Crippen LogP contribution in [0.15, 0.2) is 29.1 Å². The Balaban J connectivity index is 2.67. The number of aryl methyl sites for hydroxylation is 1. The minimum Gasteiger partial charge on any atom is -0.306 e. The van der Waals surface area contributed by atoms with E-state index in [0.717, 1.165) is 16.8 Å². The van der Waals surface area contributed by atoms with Gasteiger partial charge in [0.15, 0.2) is 0 Å². The third-order valence-corrected chi connectivity index (χ3v) is 3.87. The molecule has 100 valence electrons. The number of aromatic nitrogens is 2. The topological polar surface area (TPSA) is 45.8 Å². The first-order valence-electron chi connectivity index (χ1n) is 6.16. The third-order valence-electron chi connectivity index (χ3n) is 2.86. The van der Waals surface area contributed by atoms with Crippen molar-refractivity contribution in [1.29, 1.82) is 0 Å². The number of nitrogens with one attached hydrogen (secondary N) is 1. The fraction of sp³-hybridized carbons (Fsp3) is 0.333. The minimum absolute atomic E-state index is 0.0722. The van der Waals surface area contributed by atoms with Gasteiger partial charge in [-0.2, -0.15) is 0 Å². The maximum Gasteiger partial charge on any atom is 0.264 e. The second kappa shape index (κ2) is 5.07. The number of halogens is 1. The van der Waals surface area contributed by atoms with Crippen molar-refractivity contribution in [3.8, 4) is 11.4 Å². The summed E-state index contributed by atoms with van der Waals surface area (Å²) in [5.74, 6) is 0.638. The fourth-order valence-corrected chi connectivity index (χ4v) is 2.95. The Kier molecular flexibility index (Phi) is 3.80. The molecule has 19 heavy (non-hydrogen) atoms. The predicted octanol–water partition coefficient (Wildman–Crippen LogP) is 3.65. The summed E-state index contributed by atoms with van der Waals surface area (Å²) < 4.78 is 0.668. The monoisotopic (exact) mass is 368 g/mol. The Hall–Kier alpha value is -1.17. The van der Waals surface area contributed by atoms with Crippen molar-refractivity contribution >= 4 is 22.6 Å². The van der Waals surface area contributed by atoms with Crippen molar-refractivity contribution in [2.45, 2.75) is 33.1 Å². The number of benzene rings is 1. The SMILES string of the molecule is Cc1cccc(-c2nc(C(C)(C)C)c(I)c(=O)[nH]2)c1. The van der Waals surface area contributed by atoms with Crippen LogP contribution < -0.4 is 5.56 Å². The normalized spacial score (nSPS) is 11.6. The van der Waals surface area contributed by atoms with E-state index in [9.17, 15) is 4.79 Å². The molecule has 0 bridgehead atoms. The molecule has 0 radical (unpaired) electrons. The van der Waals surface area contributed by atoms with Gasteiger partial charge < -0.3 is 4.98 Å². The Morgan fingerprint density at radius 1 is 1.26 bits per heavy atom. The highest BCUT2D eigenvalue weighted by Crippen LogP contribution is 2.25. The highest BCUT2D eigenvalue weighted by molar-refractivity contribution is 14.1. The lowest BCUT2D eigenvalue weighted by Crippen LogP contribution is -2.24. The molecule has 1 N–H and O–H groups in total. The van der Waals surface area contributed by atoms with E-state index in [1.54, 1.807) is 0 Å². The van der Waals surface area contributed by atoms with Crippen molar-refractivity contribution in [1.82, 2.24) is 9.97 Å². The smallest absolute Gasteiger partial charge is 0.264 e. The Bertz CT molecular complexity index is 669. The molecule has 1 heterocycles. The second-order valence-electron chi connectivity index (χ2n) is 5.70. The van der Waals surface area contributed by atoms with E-state index < -0.39 is 0 Å². The molecule has 0 saturated heterocycles. The number of H-pyrrole nitrogens is 1. The van der Waals surface area contributed by atoms with E-state index in [2.05, 4.69) is 53.3 Å². The van der Waals surface area contributed by atoms with Crippen LogP contribution in [0.1, 0.15) is 32.0 Å². The molecule has 0 aliphatic carbocycles. The quantitative estimate of drug-likeness (QED) is 0.782. The molecule has 0 unspecified atom stereocenters. The summed E-state index contributed by atoms with van der Waals surface area (Å²) in [7, 11) is 0. The molecule has 0 atom stereocenters. The van der Waals surface area contributed by atoms with E-state index in [4.69, 9.17) is 0 Å². The molecule has 1 aromatic carbocycles. The minimum atomic E-state index is -0.149. The van der Waals surface area contributed by atoms with Gasteiger partial charge in [-0.05, 0) is 35.6 Å². The second-order valence-corrected chi connectivity index (χ2v) is 6.78. The first-order chi connectivity index (χ1) is 8.79. The maximum atomic E-state index is 12.1. The largest absolute Gasteiger partial charge is 0.306 e. The van der Waals surface area contributed by atoms with Crippen molar-refractivity contribution in [2.24, 2.45) is 0 Å². The fourth-order valence-electron chi connectivity index (χ4n) is 1.88. The summed E-state index contributed by atoms with van der Waals surface area (Å²) in [6.07, 6.45) is 0. The van der Waals surface area contributed by atoms with E-state index in [1.165, 1.54) is 0 Å². The molecular weight excluding hydrogens is 351 g/mol. The highest BCUT2D eigenvalue weighted by atomic mass is 127. The predicted molar refractivity (Wildman–Crippen MR) is 86.4 cm³/mol. The summed E-state index contributed by atoms with van der Waals surface area (Å²) in [5.41, 5.74) is 2.71. The first kappa shape index (κ1) is 14.2. The standard InChI is InChI=1S/C15H17IN2O/c1-9-6-5-7-10(8-9)13-17-12(15(2,3)4)11(16)14(19)18-13/h5-8H,1-4H3,(H,17,18,19). The van der Waals surface area contributed by atoms with Gasteiger partial charge in [-0.25, -0.2) is 4.98 Å². The van der Waals surface area contributed by atoms with E-state index in [-0.39, 0.29) is 11.0 Å². The Morgan fingerprint density at radius 2 is 1.95 bits per heavy atom. The molecule has 0 amide bonds. The molecule has 1 aromatic heterocycles. The van der Waals surface area contributed by atoms with E-state index in [1.807, 2.05) is 31.2 Å². The first-order valence-corrected chi connectivity index (χ1v) is 7.24. The van der Waals surface area contributed by atoms with Crippen LogP contribution in [0, 0.1) is 10.5 Å². The molecular formula is C15H17IN2O. The van der Waals surface area contributed by atoms with Crippen LogP contribution in [0.2, 0.25) is 0 Å². The van der Waals surface area contributed by atoms with Gasteiger partial charge >= 0.3 is 0 Å². The number of nitrogens with zero attached hydrogens (tertiary/aromatic N) is 1. The summed E-state index contributed by atoms with van der Waals surface area (Å²) >= 11 is 2.07. The molecule has 0 aliphatic rings. The number of rotatable bonds is 1. The molecule has 0 aliphatic heterocycles. The molecule has 2 rings (SSSR count). The van der Waals surface area contributed by atoms with E-state index >= 15 is 0 Å². The van der Waals surface area contributed by atoms with Gasteiger partial charge in [-0.3, -0.25) is 4.79 Å². The average molecular weight is 368 g/mol. The van der Waals surface area contributed by atoms with Crippen LogP contribution in [0.3, 0.4) is 0 Å². The third kappa shape index (κ3) is 3.05. The maximum absolute atomic E-state index is 12.1. The molecule has 0 saturated carbocycles. The van der Waals surface area contributed by atoms with Crippen LogP contribution in [0.5, 0.6) is 0 Å². The molecule has 3 nitrogen and oxygen atoms in total. The molecule has 0 spiro atoms. The van der Waals surface area contributed by atoms with Gasteiger partial charge in [0.2, 0.25) is 0 Å². The van der Waals surface area contributed by atoms with Gasteiger partial charge in [0.25, 0.3) is 5.56 Å². The van der Waals surface area contributed by atoms with E-state index in [0.29, 0.717) is 9.39 Å². The van der Waals surface area contributed by atoms with Crippen LogP contribution >= 0.6 is 22.6 Å². The molecule has 4 heteroatoms.